The zero-order chi connectivity index (χ0) is 9.42. The van der Waals surface area contributed by atoms with Crippen LogP contribution in [0.3, 0.4) is 0 Å². The number of pyridine rings is 1. The number of hydrogen-bond acceptors (Lipinski definition) is 3. The minimum atomic E-state index is 0.452. The second-order valence-electron chi connectivity index (χ2n) is 3.17. The maximum Gasteiger partial charge on any atom is 0.103 e. The number of hydrogen-bond donors (Lipinski definition) is 0. The van der Waals surface area contributed by atoms with Crippen molar-refractivity contribution < 1.29 is 0 Å². The van der Waals surface area contributed by atoms with Crippen molar-refractivity contribution in [1.82, 2.24) is 9.97 Å². The van der Waals surface area contributed by atoms with Gasteiger partial charge in [-0.2, -0.15) is 0 Å². The Bertz CT molecular complexity index is 436. The minimum absolute atomic E-state index is 0.452. The molecule has 0 saturated heterocycles. The summed E-state index contributed by atoms with van der Waals surface area (Å²) in [5.41, 5.74) is 0.880. The number of fused-ring (bicyclic) bond motifs is 1. The average molecular weight is 213 g/mol. The lowest BCUT2D eigenvalue weighted by atomic mass is 10.2. The van der Waals surface area contributed by atoms with E-state index in [9.17, 15) is 0 Å². The van der Waals surface area contributed by atoms with E-state index in [1.165, 1.54) is 0 Å². The third-order valence-electron chi connectivity index (χ3n) is 1.77. The summed E-state index contributed by atoms with van der Waals surface area (Å²) >= 11 is 7.62. The van der Waals surface area contributed by atoms with E-state index in [1.807, 2.05) is 6.20 Å². The second kappa shape index (κ2) is 3.24. The number of rotatable bonds is 1. The van der Waals surface area contributed by atoms with Gasteiger partial charge in [0.2, 0.25) is 0 Å². The quantitative estimate of drug-likeness (QED) is 0.724. The lowest BCUT2D eigenvalue weighted by molar-refractivity contribution is 0.857. The highest BCUT2D eigenvalue weighted by Crippen LogP contribution is 2.30. The van der Waals surface area contributed by atoms with E-state index < -0.39 is 0 Å². The molecule has 0 aromatic carbocycles. The zero-order valence-corrected chi connectivity index (χ0v) is 8.99. The summed E-state index contributed by atoms with van der Waals surface area (Å²) in [4.78, 5) is 8.48. The monoisotopic (exact) mass is 212 g/mol. The fraction of sp³-hybridized carbons (Fsp3) is 0.333. The third-order valence-corrected chi connectivity index (χ3v) is 3.34. The summed E-state index contributed by atoms with van der Waals surface area (Å²) in [5, 5.41) is 1.76. The van der Waals surface area contributed by atoms with Crippen LogP contribution in [0.4, 0.5) is 0 Å². The molecule has 0 aliphatic rings. The van der Waals surface area contributed by atoms with Crippen molar-refractivity contribution in [2.24, 2.45) is 0 Å². The van der Waals surface area contributed by atoms with Gasteiger partial charge in [0.25, 0.3) is 0 Å². The summed E-state index contributed by atoms with van der Waals surface area (Å²) in [5.74, 6) is 0.452. The minimum Gasteiger partial charge on any atom is -0.262 e. The van der Waals surface area contributed by atoms with Crippen molar-refractivity contribution in [1.29, 1.82) is 0 Å². The molecular formula is C9H9ClN2S. The van der Waals surface area contributed by atoms with Gasteiger partial charge in [0.05, 0.1) is 14.7 Å². The van der Waals surface area contributed by atoms with Crippen LogP contribution in [0.25, 0.3) is 10.2 Å². The van der Waals surface area contributed by atoms with Crippen LogP contribution < -0.4 is 0 Å². The molecule has 13 heavy (non-hydrogen) atoms. The van der Waals surface area contributed by atoms with Crippen LogP contribution in [0.5, 0.6) is 0 Å². The van der Waals surface area contributed by atoms with Gasteiger partial charge in [0.1, 0.15) is 5.52 Å². The summed E-state index contributed by atoms with van der Waals surface area (Å²) in [6.45, 7) is 4.25. The molecule has 2 rings (SSSR count). The molecule has 0 N–H and O–H groups in total. The molecule has 0 fully saturated rings. The first-order valence-electron chi connectivity index (χ1n) is 4.08. The molecule has 0 amide bonds. The molecular weight excluding hydrogens is 204 g/mol. The Morgan fingerprint density at radius 3 is 2.77 bits per heavy atom. The van der Waals surface area contributed by atoms with Crippen LogP contribution in [-0.4, -0.2) is 9.97 Å². The number of thiazole rings is 1. The Balaban J connectivity index is 2.68. The standard InChI is InChI=1S/C9H9ClN2S/c1-5(2)9-12-8-6(10)3-11-4-7(8)13-9/h3-5H,1-2H3. The molecule has 0 saturated carbocycles. The summed E-state index contributed by atoms with van der Waals surface area (Å²) in [6, 6.07) is 0. The van der Waals surface area contributed by atoms with Crippen LogP contribution in [0, 0.1) is 0 Å². The van der Waals surface area contributed by atoms with Crippen molar-refractivity contribution in [3.05, 3.63) is 22.4 Å². The van der Waals surface area contributed by atoms with Crippen LogP contribution >= 0.6 is 22.9 Å². The van der Waals surface area contributed by atoms with E-state index in [0.717, 1.165) is 15.2 Å². The molecule has 4 heteroatoms. The first kappa shape index (κ1) is 8.91. The molecule has 2 aromatic rings. The fourth-order valence-electron chi connectivity index (χ4n) is 1.09. The van der Waals surface area contributed by atoms with Crippen LogP contribution in [-0.2, 0) is 0 Å². The molecule has 68 valence electrons. The average Bonchev–Trinajstić information content (AvgIpc) is 2.49. The number of aromatic nitrogens is 2. The predicted octanol–water partition coefficient (Wildman–Crippen LogP) is 3.47. The smallest absolute Gasteiger partial charge is 0.103 e. The highest BCUT2D eigenvalue weighted by molar-refractivity contribution is 7.18. The maximum absolute atomic E-state index is 5.96. The Morgan fingerprint density at radius 1 is 1.38 bits per heavy atom. The van der Waals surface area contributed by atoms with Gasteiger partial charge in [0, 0.05) is 18.3 Å². The van der Waals surface area contributed by atoms with Crippen LogP contribution in [0.1, 0.15) is 24.8 Å². The van der Waals surface area contributed by atoms with Gasteiger partial charge in [-0.05, 0) is 0 Å². The highest BCUT2D eigenvalue weighted by atomic mass is 35.5. The number of nitrogens with zero attached hydrogens (tertiary/aromatic N) is 2. The van der Waals surface area contributed by atoms with E-state index >= 15 is 0 Å². The lowest BCUT2D eigenvalue weighted by Gasteiger charge is -1.94. The molecule has 0 unspecified atom stereocenters. The summed E-state index contributed by atoms with van der Waals surface area (Å²) < 4.78 is 1.07. The summed E-state index contributed by atoms with van der Waals surface area (Å²) in [7, 11) is 0. The molecule has 0 bridgehead atoms. The Labute approximate surface area is 85.6 Å². The van der Waals surface area contributed by atoms with Gasteiger partial charge in [0.15, 0.2) is 0 Å². The topological polar surface area (TPSA) is 25.8 Å². The van der Waals surface area contributed by atoms with E-state index in [2.05, 4.69) is 23.8 Å². The van der Waals surface area contributed by atoms with Crippen molar-refractivity contribution in [2.45, 2.75) is 19.8 Å². The molecule has 0 aliphatic heterocycles. The van der Waals surface area contributed by atoms with Crippen molar-refractivity contribution in [3.8, 4) is 0 Å². The Kier molecular flexibility index (Phi) is 2.22. The normalized spacial score (nSPS) is 11.4. The summed E-state index contributed by atoms with van der Waals surface area (Å²) in [6.07, 6.45) is 3.44. The van der Waals surface area contributed by atoms with Gasteiger partial charge in [-0.1, -0.05) is 25.4 Å². The Morgan fingerprint density at radius 2 is 2.15 bits per heavy atom. The largest absolute Gasteiger partial charge is 0.262 e. The molecule has 0 radical (unpaired) electrons. The van der Waals surface area contributed by atoms with Gasteiger partial charge < -0.3 is 0 Å². The fourth-order valence-corrected chi connectivity index (χ4v) is 2.31. The predicted molar refractivity (Wildman–Crippen MR) is 56.5 cm³/mol. The first-order valence-corrected chi connectivity index (χ1v) is 5.28. The molecule has 2 heterocycles. The van der Waals surface area contributed by atoms with E-state index in [0.29, 0.717) is 10.9 Å². The molecule has 2 aromatic heterocycles. The van der Waals surface area contributed by atoms with E-state index in [4.69, 9.17) is 11.6 Å². The van der Waals surface area contributed by atoms with E-state index in [-0.39, 0.29) is 0 Å². The van der Waals surface area contributed by atoms with Crippen molar-refractivity contribution in [2.75, 3.05) is 0 Å². The van der Waals surface area contributed by atoms with Crippen molar-refractivity contribution >= 4 is 33.2 Å². The molecule has 0 spiro atoms. The zero-order valence-electron chi connectivity index (χ0n) is 7.41. The van der Waals surface area contributed by atoms with Gasteiger partial charge >= 0.3 is 0 Å². The third kappa shape index (κ3) is 1.54. The van der Waals surface area contributed by atoms with Gasteiger partial charge in [-0.3, -0.25) is 4.98 Å². The molecule has 0 atom stereocenters. The SMILES string of the molecule is CC(C)c1nc2c(Cl)cncc2s1. The van der Waals surface area contributed by atoms with E-state index in [1.54, 1.807) is 17.5 Å². The Hall–Kier alpha value is -0.670. The molecule has 0 aliphatic carbocycles. The second-order valence-corrected chi connectivity index (χ2v) is 4.64. The molecule has 2 nitrogen and oxygen atoms in total. The first-order chi connectivity index (χ1) is 6.18. The maximum atomic E-state index is 5.96. The highest BCUT2D eigenvalue weighted by Gasteiger charge is 2.09. The van der Waals surface area contributed by atoms with Crippen molar-refractivity contribution in [3.63, 3.8) is 0 Å². The van der Waals surface area contributed by atoms with Gasteiger partial charge in [-0.25, -0.2) is 4.98 Å². The number of halogens is 1. The van der Waals surface area contributed by atoms with Crippen LogP contribution in [0.15, 0.2) is 12.4 Å². The van der Waals surface area contributed by atoms with Crippen LogP contribution in [0.2, 0.25) is 5.02 Å². The van der Waals surface area contributed by atoms with Gasteiger partial charge in [-0.15, -0.1) is 11.3 Å². The lowest BCUT2D eigenvalue weighted by Crippen LogP contribution is -1.83.